The number of piperazine rings is 1. The van der Waals surface area contributed by atoms with Crippen LogP contribution in [0.4, 0.5) is 5.88 Å². The highest BCUT2D eigenvalue weighted by atomic mass is 16.4. The maximum absolute atomic E-state index is 12.1. The van der Waals surface area contributed by atoms with Gasteiger partial charge in [0, 0.05) is 32.2 Å². The van der Waals surface area contributed by atoms with Crippen LogP contribution in [0.2, 0.25) is 0 Å². The summed E-state index contributed by atoms with van der Waals surface area (Å²) >= 11 is 0. The third-order valence-corrected chi connectivity index (χ3v) is 3.75. The Balaban J connectivity index is 1.92. The molecule has 0 unspecified atom stereocenters. The van der Waals surface area contributed by atoms with E-state index in [0.717, 1.165) is 32.7 Å². The minimum absolute atomic E-state index is 0.0368. The van der Waals surface area contributed by atoms with Gasteiger partial charge in [-0.15, -0.1) is 0 Å². The molecule has 0 saturated carbocycles. The first-order valence-electron chi connectivity index (χ1n) is 6.78. The van der Waals surface area contributed by atoms with E-state index < -0.39 is 0 Å². The number of hydrogen-bond acceptors (Lipinski definition) is 4. The maximum Gasteiger partial charge on any atom is 0.200 e. The van der Waals surface area contributed by atoms with Gasteiger partial charge >= 0.3 is 0 Å². The zero-order chi connectivity index (χ0) is 13.2. The second kappa shape index (κ2) is 5.05. The second-order valence-electron chi connectivity index (χ2n) is 4.87. The fourth-order valence-corrected chi connectivity index (χ4v) is 2.53. The Morgan fingerprint density at radius 3 is 2.63 bits per heavy atom. The molecule has 1 aliphatic rings. The van der Waals surface area contributed by atoms with E-state index in [0.29, 0.717) is 16.9 Å². The summed E-state index contributed by atoms with van der Waals surface area (Å²) < 4.78 is 5.86. The second-order valence-corrected chi connectivity index (χ2v) is 4.87. The van der Waals surface area contributed by atoms with Gasteiger partial charge in [-0.05, 0) is 18.7 Å². The molecule has 1 aromatic heterocycles. The Morgan fingerprint density at radius 2 is 1.89 bits per heavy atom. The first-order valence-corrected chi connectivity index (χ1v) is 6.78. The molecule has 3 rings (SSSR count). The fourth-order valence-electron chi connectivity index (χ4n) is 2.53. The topological polar surface area (TPSA) is 36.7 Å². The summed E-state index contributed by atoms with van der Waals surface area (Å²) in [6, 6.07) is 9.02. The first-order chi connectivity index (χ1) is 9.28. The van der Waals surface area contributed by atoms with E-state index in [-0.39, 0.29) is 5.43 Å². The lowest BCUT2D eigenvalue weighted by molar-refractivity contribution is 0.267. The molecular weight excluding hydrogens is 240 g/mol. The summed E-state index contributed by atoms with van der Waals surface area (Å²) in [5, 5.41) is 0.651. The van der Waals surface area contributed by atoms with Crippen LogP contribution >= 0.6 is 0 Å². The Morgan fingerprint density at radius 1 is 1.16 bits per heavy atom. The molecule has 1 aliphatic heterocycles. The third-order valence-electron chi connectivity index (χ3n) is 3.75. The van der Waals surface area contributed by atoms with Crippen molar-refractivity contribution >= 4 is 16.9 Å². The van der Waals surface area contributed by atoms with Gasteiger partial charge in [-0.25, -0.2) is 0 Å². The molecule has 19 heavy (non-hydrogen) atoms. The van der Waals surface area contributed by atoms with Gasteiger partial charge in [0.05, 0.1) is 5.39 Å². The SMILES string of the molecule is CCN1CCN(c2cc(=O)c3ccccc3o2)CC1. The van der Waals surface area contributed by atoms with Gasteiger partial charge in [-0.1, -0.05) is 19.1 Å². The molecule has 0 bridgehead atoms. The lowest BCUT2D eigenvalue weighted by Gasteiger charge is -2.34. The van der Waals surface area contributed by atoms with E-state index in [1.807, 2.05) is 18.2 Å². The van der Waals surface area contributed by atoms with Gasteiger partial charge in [0.1, 0.15) is 5.58 Å². The van der Waals surface area contributed by atoms with Crippen LogP contribution in [-0.4, -0.2) is 37.6 Å². The van der Waals surface area contributed by atoms with Crippen LogP contribution < -0.4 is 10.3 Å². The molecule has 0 radical (unpaired) electrons. The molecular formula is C15H18N2O2. The standard InChI is InChI=1S/C15H18N2O2/c1-2-16-7-9-17(10-8-16)15-11-13(18)12-5-3-4-6-14(12)19-15/h3-6,11H,2,7-10H2,1H3. The van der Waals surface area contributed by atoms with Crippen molar-refractivity contribution in [2.75, 3.05) is 37.6 Å². The van der Waals surface area contributed by atoms with Crippen LogP contribution in [0.1, 0.15) is 6.92 Å². The Hall–Kier alpha value is -1.81. The predicted octanol–water partition coefficient (Wildman–Crippen LogP) is 1.93. The van der Waals surface area contributed by atoms with Crippen molar-refractivity contribution in [2.45, 2.75) is 6.92 Å². The minimum atomic E-state index is 0.0368. The fraction of sp³-hybridized carbons (Fsp3) is 0.400. The molecule has 0 atom stereocenters. The summed E-state index contributed by atoms with van der Waals surface area (Å²) in [4.78, 5) is 16.6. The molecule has 0 N–H and O–H groups in total. The predicted molar refractivity (Wildman–Crippen MR) is 76.8 cm³/mol. The average molecular weight is 258 g/mol. The van der Waals surface area contributed by atoms with Crippen LogP contribution in [0.15, 0.2) is 39.5 Å². The Bertz CT molecular complexity index is 627. The molecule has 2 aromatic rings. The highest BCUT2D eigenvalue weighted by Crippen LogP contribution is 2.20. The molecule has 0 spiro atoms. The van der Waals surface area contributed by atoms with Crippen LogP contribution in [0.25, 0.3) is 11.0 Å². The summed E-state index contributed by atoms with van der Waals surface area (Å²) in [7, 11) is 0. The van der Waals surface area contributed by atoms with Crippen molar-refractivity contribution in [3.05, 3.63) is 40.6 Å². The van der Waals surface area contributed by atoms with Gasteiger partial charge in [0.15, 0.2) is 11.3 Å². The molecule has 0 aliphatic carbocycles. The Kier molecular flexibility index (Phi) is 3.25. The number of fused-ring (bicyclic) bond motifs is 1. The lowest BCUT2D eigenvalue weighted by atomic mass is 10.2. The smallest absolute Gasteiger partial charge is 0.200 e. The first kappa shape index (κ1) is 12.2. The summed E-state index contributed by atoms with van der Waals surface area (Å²) in [5.74, 6) is 0.694. The molecule has 1 aromatic carbocycles. The van der Waals surface area contributed by atoms with E-state index in [9.17, 15) is 4.79 Å². The molecule has 100 valence electrons. The molecule has 4 heteroatoms. The zero-order valence-electron chi connectivity index (χ0n) is 11.1. The van der Waals surface area contributed by atoms with Crippen LogP contribution in [0.5, 0.6) is 0 Å². The van der Waals surface area contributed by atoms with Crippen molar-refractivity contribution in [3.63, 3.8) is 0 Å². The van der Waals surface area contributed by atoms with Crippen molar-refractivity contribution in [1.29, 1.82) is 0 Å². The van der Waals surface area contributed by atoms with Gasteiger partial charge in [0.25, 0.3) is 0 Å². The highest BCUT2D eigenvalue weighted by molar-refractivity contribution is 5.77. The quantitative estimate of drug-likeness (QED) is 0.825. The van der Waals surface area contributed by atoms with E-state index >= 15 is 0 Å². The third kappa shape index (κ3) is 2.36. The average Bonchev–Trinajstić information content (AvgIpc) is 2.47. The Labute approximate surface area is 112 Å². The molecule has 0 amide bonds. The highest BCUT2D eigenvalue weighted by Gasteiger charge is 2.18. The largest absolute Gasteiger partial charge is 0.440 e. The maximum atomic E-state index is 12.1. The number of para-hydroxylation sites is 1. The van der Waals surface area contributed by atoms with Gasteiger partial charge in [-0.2, -0.15) is 0 Å². The van der Waals surface area contributed by atoms with Gasteiger partial charge < -0.3 is 14.2 Å². The van der Waals surface area contributed by atoms with Crippen LogP contribution in [0, 0.1) is 0 Å². The van der Waals surface area contributed by atoms with Crippen molar-refractivity contribution in [2.24, 2.45) is 0 Å². The van der Waals surface area contributed by atoms with Crippen LogP contribution in [-0.2, 0) is 0 Å². The van der Waals surface area contributed by atoms with E-state index in [2.05, 4.69) is 16.7 Å². The lowest BCUT2D eigenvalue weighted by Crippen LogP contribution is -2.46. The molecule has 1 fully saturated rings. The zero-order valence-corrected chi connectivity index (χ0v) is 11.1. The van der Waals surface area contributed by atoms with Crippen molar-refractivity contribution in [1.82, 2.24) is 4.90 Å². The summed E-state index contributed by atoms with van der Waals surface area (Å²) in [6.07, 6.45) is 0. The minimum Gasteiger partial charge on any atom is -0.440 e. The number of benzene rings is 1. The summed E-state index contributed by atoms with van der Waals surface area (Å²) in [5.41, 5.74) is 0.706. The number of anilines is 1. The number of rotatable bonds is 2. The normalized spacial score (nSPS) is 17.0. The van der Waals surface area contributed by atoms with E-state index in [1.54, 1.807) is 12.1 Å². The van der Waals surface area contributed by atoms with Crippen LogP contribution in [0.3, 0.4) is 0 Å². The van der Waals surface area contributed by atoms with E-state index in [4.69, 9.17) is 4.42 Å². The van der Waals surface area contributed by atoms with Gasteiger partial charge in [-0.3, -0.25) is 4.79 Å². The molecule has 2 heterocycles. The van der Waals surface area contributed by atoms with Crippen molar-refractivity contribution < 1.29 is 4.42 Å². The molecule has 4 nitrogen and oxygen atoms in total. The van der Waals surface area contributed by atoms with E-state index in [1.165, 1.54) is 0 Å². The van der Waals surface area contributed by atoms with Crippen molar-refractivity contribution in [3.8, 4) is 0 Å². The van der Waals surface area contributed by atoms with Gasteiger partial charge in [0.2, 0.25) is 0 Å². The number of likely N-dealkylation sites (N-methyl/N-ethyl adjacent to an activating group) is 1. The summed E-state index contributed by atoms with van der Waals surface area (Å²) in [6.45, 7) is 7.12. The number of nitrogens with zero attached hydrogens (tertiary/aromatic N) is 2. The molecule has 1 saturated heterocycles. The monoisotopic (exact) mass is 258 g/mol. The number of hydrogen-bond donors (Lipinski definition) is 0.